The summed E-state index contributed by atoms with van der Waals surface area (Å²) in [7, 11) is 0. The van der Waals surface area contributed by atoms with Crippen molar-refractivity contribution in [1.82, 2.24) is 5.32 Å². The Morgan fingerprint density at radius 3 is 2.38 bits per heavy atom. The van der Waals surface area contributed by atoms with Crippen LogP contribution in [0.25, 0.3) is 0 Å². The molecule has 0 aliphatic rings. The Morgan fingerprint density at radius 1 is 1.54 bits per heavy atom. The molecule has 0 bridgehead atoms. The molecule has 0 rings (SSSR count). The minimum Gasteiger partial charge on any atom is -0.394 e. The van der Waals surface area contributed by atoms with Crippen molar-refractivity contribution in [3.63, 3.8) is 0 Å². The highest BCUT2D eigenvalue weighted by Crippen LogP contribution is 2.00. The number of hydrogen-bond donors (Lipinski definition) is 3. The predicted molar refractivity (Wildman–Crippen MR) is 52.1 cm³/mol. The van der Waals surface area contributed by atoms with Gasteiger partial charge < -0.3 is 16.2 Å². The van der Waals surface area contributed by atoms with Gasteiger partial charge in [-0.3, -0.25) is 4.79 Å². The molecular weight excluding hydrogens is 168 g/mol. The second-order valence-electron chi connectivity index (χ2n) is 3.56. The summed E-state index contributed by atoms with van der Waals surface area (Å²) in [5.41, 5.74) is 5.53. The molecular formula is C9H20N2O2. The van der Waals surface area contributed by atoms with E-state index in [-0.39, 0.29) is 24.5 Å². The third-order valence-corrected chi connectivity index (χ3v) is 2.11. The number of hydrogen-bond acceptors (Lipinski definition) is 3. The van der Waals surface area contributed by atoms with Crippen LogP contribution in [0.2, 0.25) is 0 Å². The van der Waals surface area contributed by atoms with Crippen LogP contribution in [0.3, 0.4) is 0 Å². The molecule has 4 nitrogen and oxygen atoms in total. The summed E-state index contributed by atoms with van der Waals surface area (Å²) in [6.07, 6.45) is 0.613. The van der Waals surface area contributed by atoms with Crippen molar-refractivity contribution in [1.29, 1.82) is 0 Å². The first kappa shape index (κ1) is 12.4. The molecule has 0 saturated carbocycles. The van der Waals surface area contributed by atoms with Crippen molar-refractivity contribution in [2.45, 2.75) is 39.3 Å². The SMILES string of the molecule is CC[C@H](N)C(=O)N[C@H](CO)C(C)C. The molecule has 0 aromatic carbocycles. The zero-order chi connectivity index (χ0) is 10.4. The number of aliphatic hydroxyl groups excluding tert-OH is 1. The highest BCUT2D eigenvalue weighted by Gasteiger charge is 2.18. The lowest BCUT2D eigenvalue weighted by Gasteiger charge is -2.21. The van der Waals surface area contributed by atoms with Crippen molar-refractivity contribution in [3.8, 4) is 0 Å². The predicted octanol–water partition coefficient (Wildman–Crippen LogP) is -0.143. The van der Waals surface area contributed by atoms with Crippen LogP contribution < -0.4 is 11.1 Å². The Labute approximate surface area is 79.5 Å². The monoisotopic (exact) mass is 188 g/mol. The number of nitrogens with two attached hydrogens (primary N) is 1. The van der Waals surface area contributed by atoms with E-state index >= 15 is 0 Å². The maximum Gasteiger partial charge on any atom is 0.237 e. The first-order chi connectivity index (χ1) is 6.02. The van der Waals surface area contributed by atoms with Gasteiger partial charge >= 0.3 is 0 Å². The fourth-order valence-corrected chi connectivity index (χ4v) is 0.898. The smallest absolute Gasteiger partial charge is 0.237 e. The summed E-state index contributed by atoms with van der Waals surface area (Å²) in [4.78, 5) is 11.3. The van der Waals surface area contributed by atoms with E-state index in [0.717, 1.165) is 0 Å². The van der Waals surface area contributed by atoms with Gasteiger partial charge in [0.1, 0.15) is 0 Å². The average molecular weight is 188 g/mol. The normalized spacial score (nSPS) is 15.5. The molecule has 0 aliphatic heterocycles. The van der Waals surface area contributed by atoms with E-state index in [1.54, 1.807) is 0 Å². The minimum atomic E-state index is -0.465. The van der Waals surface area contributed by atoms with Crippen LogP contribution in [0, 0.1) is 5.92 Å². The van der Waals surface area contributed by atoms with E-state index in [4.69, 9.17) is 10.8 Å². The number of nitrogens with one attached hydrogen (secondary N) is 1. The fourth-order valence-electron chi connectivity index (χ4n) is 0.898. The van der Waals surface area contributed by atoms with Crippen LogP contribution in [0.5, 0.6) is 0 Å². The minimum absolute atomic E-state index is 0.0418. The Balaban J connectivity index is 4.01. The molecule has 13 heavy (non-hydrogen) atoms. The standard InChI is InChI=1S/C9H20N2O2/c1-4-7(10)9(13)11-8(5-12)6(2)3/h6-8,12H,4-5,10H2,1-3H3,(H,11,13)/t7-,8+/m0/s1. The Bertz CT molecular complexity index is 160. The van der Waals surface area contributed by atoms with Crippen LogP contribution >= 0.6 is 0 Å². The lowest BCUT2D eigenvalue weighted by molar-refractivity contribution is -0.123. The highest BCUT2D eigenvalue weighted by molar-refractivity contribution is 5.81. The van der Waals surface area contributed by atoms with Crippen molar-refractivity contribution in [2.24, 2.45) is 11.7 Å². The van der Waals surface area contributed by atoms with Gasteiger partial charge in [0.25, 0.3) is 0 Å². The second kappa shape index (κ2) is 5.94. The van der Waals surface area contributed by atoms with Gasteiger partial charge in [-0.1, -0.05) is 20.8 Å². The summed E-state index contributed by atoms with van der Waals surface area (Å²) < 4.78 is 0. The molecule has 0 heterocycles. The first-order valence-corrected chi connectivity index (χ1v) is 4.69. The first-order valence-electron chi connectivity index (χ1n) is 4.69. The summed E-state index contributed by atoms with van der Waals surface area (Å²) in [6.45, 7) is 5.70. The van der Waals surface area contributed by atoms with Crippen LogP contribution in [-0.4, -0.2) is 29.7 Å². The summed E-state index contributed by atoms with van der Waals surface area (Å²) in [5.74, 6) is 0.0354. The van der Waals surface area contributed by atoms with Gasteiger partial charge in [0.05, 0.1) is 18.7 Å². The molecule has 0 aromatic heterocycles. The Morgan fingerprint density at radius 2 is 2.08 bits per heavy atom. The van der Waals surface area contributed by atoms with E-state index in [2.05, 4.69) is 5.32 Å². The molecule has 0 spiro atoms. The van der Waals surface area contributed by atoms with Gasteiger partial charge in [-0.15, -0.1) is 0 Å². The van der Waals surface area contributed by atoms with E-state index in [0.29, 0.717) is 6.42 Å². The van der Waals surface area contributed by atoms with Crippen LogP contribution in [0.15, 0.2) is 0 Å². The maximum atomic E-state index is 11.3. The molecule has 4 N–H and O–H groups in total. The lowest BCUT2D eigenvalue weighted by atomic mass is 10.0. The molecule has 0 aromatic rings. The molecule has 0 unspecified atom stereocenters. The molecule has 78 valence electrons. The lowest BCUT2D eigenvalue weighted by Crippen LogP contribution is -2.48. The fraction of sp³-hybridized carbons (Fsp3) is 0.889. The molecule has 0 aliphatic carbocycles. The maximum absolute atomic E-state index is 11.3. The average Bonchev–Trinajstić information content (AvgIpc) is 2.11. The third-order valence-electron chi connectivity index (χ3n) is 2.11. The van der Waals surface area contributed by atoms with Crippen LogP contribution in [0.1, 0.15) is 27.2 Å². The van der Waals surface area contributed by atoms with E-state index in [1.165, 1.54) is 0 Å². The zero-order valence-electron chi connectivity index (χ0n) is 8.58. The summed E-state index contributed by atoms with van der Waals surface area (Å²) >= 11 is 0. The van der Waals surface area contributed by atoms with Crippen molar-refractivity contribution in [2.75, 3.05) is 6.61 Å². The number of carbonyl (C=O) groups is 1. The molecule has 4 heteroatoms. The van der Waals surface area contributed by atoms with Gasteiger partial charge in [-0.25, -0.2) is 0 Å². The Hall–Kier alpha value is -0.610. The van der Waals surface area contributed by atoms with E-state index in [9.17, 15) is 4.79 Å². The van der Waals surface area contributed by atoms with Crippen LogP contribution in [0.4, 0.5) is 0 Å². The van der Waals surface area contributed by atoms with Gasteiger partial charge in [-0.05, 0) is 12.3 Å². The summed E-state index contributed by atoms with van der Waals surface area (Å²) in [5, 5.41) is 11.6. The second-order valence-corrected chi connectivity index (χ2v) is 3.56. The molecule has 2 atom stereocenters. The Kier molecular flexibility index (Phi) is 5.66. The molecule has 0 saturated heterocycles. The van der Waals surface area contributed by atoms with Gasteiger partial charge in [0.2, 0.25) is 5.91 Å². The zero-order valence-corrected chi connectivity index (χ0v) is 8.58. The van der Waals surface area contributed by atoms with Crippen molar-refractivity contribution in [3.05, 3.63) is 0 Å². The van der Waals surface area contributed by atoms with E-state index in [1.807, 2.05) is 20.8 Å². The topological polar surface area (TPSA) is 75.4 Å². The molecule has 0 radical (unpaired) electrons. The van der Waals surface area contributed by atoms with Crippen molar-refractivity contribution >= 4 is 5.91 Å². The van der Waals surface area contributed by atoms with E-state index < -0.39 is 6.04 Å². The van der Waals surface area contributed by atoms with Gasteiger partial charge in [0.15, 0.2) is 0 Å². The number of rotatable bonds is 5. The molecule has 1 amide bonds. The number of carbonyl (C=O) groups excluding carboxylic acids is 1. The largest absolute Gasteiger partial charge is 0.394 e. The molecule has 0 fully saturated rings. The van der Waals surface area contributed by atoms with Gasteiger partial charge in [-0.2, -0.15) is 0 Å². The van der Waals surface area contributed by atoms with Crippen molar-refractivity contribution < 1.29 is 9.90 Å². The third kappa shape index (κ3) is 4.24. The number of amides is 1. The highest BCUT2D eigenvalue weighted by atomic mass is 16.3. The quantitative estimate of drug-likeness (QED) is 0.562. The summed E-state index contributed by atoms with van der Waals surface area (Å²) in [6, 6.07) is -0.655. The van der Waals surface area contributed by atoms with Gasteiger partial charge in [0, 0.05) is 0 Å². The van der Waals surface area contributed by atoms with Crippen LogP contribution in [-0.2, 0) is 4.79 Å². The number of aliphatic hydroxyl groups is 1.